The zero-order chi connectivity index (χ0) is 18.3. The summed E-state index contributed by atoms with van der Waals surface area (Å²) < 4.78 is 38.9. The van der Waals surface area contributed by atoms with Crippen LogP contribution in [0.25, 0.3) is 0 Å². The summed E-state index contributed by atoms with van der Waals surface area (Å²) in [6.45, 7) is 7.45. The Balaban J connectivity index is 0.00000338. The lowest BCUT2D eigenvalue weighted by Crippen LogP contribution is -2.47. The summed E-state index contributed by atoms with van der Waals surface area (Å²) >= 11 is 0. The molecule has 1 aliphatic rings. The van der Waals surface area contributed by atoms with Gasteiger partial charge in [0.15, 0.2) is 0 Å². The molecule has 6 nitrogen and oxygen atoms in total. The second kappa shape index (κ2) is 10.5. The van der Waals surface area contributed by atoms with E-state index in [-0.39, 0.29) is 22.7 Å². The van der Waals surface area contributed by atoms with Gasteiger partial charge in [-0.15, -0.1) is 12.4 Å². The van der Waals surface area contributed by atoms with Crippen LogP contribution in [0.15, 0.2) is 29.2 Å². The Morgan fingerprint density at radius 1 is 1.19 bits per heavy atom. The molecule has 1 saturated heterocycles. The van der Waals surface area contributed by atoms with E-state index in [9.17, 15) is 8.42 Å². The zero-order valence-corrected chi connectivity index (χ0v) is 17.4. The van der Waals surface area contributed by atoms with Gasteiger partial charge in [-0.05, 0) is 56.1 Å². The summed E-state index contributed by atoms with van der Waals surface area (Å²) in [7, 11) is -1.88. The molecule has 26 heavy (non-hydrogen) atoms. The Labute approximate surface area is 163 Å². The summed E-state index contributed by atoms with van der Waals surface area (Å²) in [5.41, 5.74) is -0.145. The van der Waals surface area contributed by atoms with Gasteiger partial charge in [-0.2, -0.15) is 0 Å². The molecular weight excluding hydrogens is 376 g/mol. The van der Waals surface area contributed by atoms with Crippen molar-refractivity contribution in [2.45, 2.75) is 31.6 Å². The van der Waals surface area contributed by atoms with Crippen molar-refractivity contribution in [3.63, 3.8) is 0 Å². The fraction of sp³-hybridized carbons (Fsp3) is 0.667. The summed E-state index contributed by atoms with van der Waals surface area (Å²) in [5, 5.41) is 3.31. The van der Waals surface area contributed by atoms with Crippen molar-refractivity contribution in [3.8, 4) is 5.75 Å². The van der Waals surface area contributed by atoms with Crippen LogP contribution in [0.1, 0.15) is 26.7 Å². The Morgan fingerprint density at radius 3 is 2.35 bits per heavy atom. The van der Waals surface area contributed by atoms with E-state index in [0.717, 1.165) is 25.9 Å². The van der Waals surface area contributed by atoms with Crippen LogP contribution >= 0.6 is 12.4 Å². The number of nitrogens with one attached hydrogen (secondary N) is 2. The van der Waals surface area contributed by atoms with Crippen molar-refractivity contribution in [1.29, 1.82) is 0 Å². The first kappa shape index (κ1) is 23.2. The van der Waals surface area contributed by atoms with E-state index in [1.54, 1.807) is 31.4 Å². The molecule has 0 atom stereocenters. The molecule has 0 spiro atoms. The molecule has 0 radical (unpaired) electrons. The van der Waals surface area contributed by atoms with E-state index in [0.29, 0.717) is 31.4 Å². The maximum absolute atomic E-state index is 12.6. The molecule has 0 amide bonds. The summed E-state index contributed by atoms with van der Waals surface area (Å²) in [5.74, 6) is 1.11. The zero-order valence-electron chi connectivity index (χ0n) is 15.8. The third-order valence-corrected chi connectivity index (χ3v) is 5.89. The number of ether oxygens (including phenoxy) is 2. The molecule has 150 valence electrons. The molecule has 1 aromatic carbocycles. The van der Waals surface area contributed by atoms with Crippen LogP contribution in [0, 0.1) is 11.3 Å². The number of sulfonamides is 1. The third kappa shape index (κ3) is 6.70. The number of rotatable bonds is 9. The van der Waals surface area contributed by atoms with Gasteiger partial charge in [0.2, 0.25) is 10.0 Å². The molecular formula is C18H31ClN2O4S. The Kier molecular flexibility index (Phi) is 9.33. The largest absolute Gasteiger partial charge is 0.493 e. The van der Waals surface area contributed by atoms with Crippen molar-refractivity contribution in [3.05, 3.63) is 24.3 Å². The smallest absolute Gasteiger partial charge is 0.240 e. The molecule has 0 unspecified atom stereocenters. The fourth-order valence-electron chi connectivity index (χ4n) is 2.94. The first-order valence-corrected chi connectivity index (χ1v) is 10.3. The SMILES string of the molecule is COCC1(CNS(=O)(=O)c2ccc(OCC(C)C)cc2)CCNCC1.Cl. The first-order chi connectivity index (χ1) is 11.9. The number of piperidine rings is 1. The standard InChI is InChI=1S/C18H30N2O4S.ClH/c1-15(2)12-24-16-4-6-17(7-5-16)25(21,22)20-13-18(14-23-3)8-10-19-11-9-18;/h4-7,15,19-20H,8-14H2,1-3H3;1H. The highest BCUT2D eigenvalue weighted by atomic mass is 35.5. The van der Waals surface area contributed by atoms with Crippen molar-refractivity contribution in [1.82, 2.24) is 10.0 Å². The molecule has 8 heteroatoms. The minimum atomic E-state index is -3.55. The Morgan fingerprint density at radius 2 is 1.81 bits per heavy atom. The lowest BCUT2D eigenvalue weighted by molar-refractivity contribution is 0.0577. The van der Waals surface area contributed by atoms with Crippen LogP contribution < -0.4 is 14.8 Å². The number of methoxy groups -OCH3 is 1. The lowest BCUT2D eigenvalue weighted by Gasteiger charge is -2.37. The molecule has 0 bridgehead atoms. The monoisotopic (exact) mass is 406 g/mol. The highest BCUT2D eigenvalue weighted by Gasteiger charge is 2.33. The van der Waals surface area contributed by atoms with E-state index in [1.807, 2.05) is 0 Å². The topological polar surface area (TPSA) is 76.7 Å². The number of hydrogen-bond acceptors (Lipinski definition) is 5. The van der Waals surface area contributed by atoms with Gasteiger partial charge in [0.1, 0.15) is 5.75 Å². The highest BCUT2D eigenvalue weighted by Crippen LogP contribution is 2.29. The lowest BCUT2D eigenvalue weighted by atomic mass is 9.80. The third-order valence-electron chi connectivity index (χ3n) is 4.47. The van der Waals surface area contributed by atoms with Crippen LogP contribution in [0.2, 0.25) is 0 Å². The second-order valence-electron chi connectivity index (χ2n) is 7.18. The number of benzene rings is 1. The number of halogens is 1. The summed E-state index contributed by atoms with van der Waals surface area (Å²) in [4.78, 5) is 0.255. The van der Waals surface area contributed by atoms with E-state index in [4.69, 9.17) is 9.47 Å². The molecule has 0 aromatic heterocycles. The fourth-order valence-corrected chi connectivity index (χ4v) is 4.10. The maximum Gasteiger partial charge on any atom is 0.240 e. The van der Waals surface area contributed by atoms with Crippen LogP contribution in [-0.4, -0.2) is 48.4 Å². The molecule has 2 N–H and O–H groups in total. The minimum absolute atomic E-state index is 0. The van der Waals surface area contributed by atoms with Crippen molar-refractivity contribution < 1.29 is 17.9 Å². The summed E-state index contributed by atoms with van der Waals surface area (Å²) in [6.07, 6.45) is 1.79. The van der Waals surface area contributed by atoms with Crippen LogP contribution in [0.5, 0.6) is 5.75 Å². The quantitative estimate of drug-likeness (QED) is 0.658. The number of hydrogen-bond donors (Lipinski definition) is 2. The normalized spacial score (nSPS) is 16.9. The van der Waals surface area contributed by atoms with Crippen molar-refractivity contribution in [2.24, 2.45) is 11.3 Å². The van der Waals surface area contributed by atoms with Gasteiger partial charge in [-0.25, -0.2) is 13.1 Å². The molecule has 1 fully saturated rings. The second-order valence-corrected chi connectivity index (χ2v) is 8.95. The predicted molar refractivity (Wildman–Crippen MR) is 106 cm³/mol. The molecule has 0 aliphatic carbocycles. The van der Waals surface area contributed by atoms with E-state index >= 15 is 0 Å². The van der Waals surface area contributed by atoms with Crippen LogP contribution in [-0.2, 0) is 14.8 Å². The van der Waals surface area contributed by atoms with Gasteiger partial charge in [-0.1, -0.05) is 13.8 Å². The van der Waals surface area contributed by atoms with Gasteiger partial charge in [0, 0.05) is 19.1 Å². The average molecular weight is 407 g/mol. The van der Waals surface area contributed by atoms with Gasteiger partial charge in [-0.3, -0.25) is 0 Å². The Bertz CT molecular complexity index is 624. The van der Waals surface area contributed by atoms with Gasteiger partial charge in [0.05, 0.1) is 18.1 Å². The molecule has 0 saturated carbocycles. The maximum atomic E-state index is 12.6. The van der Waals surface area contributed by atoms with Crippen LogP contribution in [0.4, 0.5) is 0 Å². The molecule has 1 heterocycles. The highest BCUT2D eigenvalue weighted by molar-refractivity contribution is 7.89. The van der Waals surface area contributed by atoms with Gasteiger partial charge >= 0.3 is 0 Å². The van der Waals surface area contributed by atoms with E-state index in [2.05, 4.69) is 23.9 Å². The molecule has 2 rings (SSSR count). The van der Waals surface area contributed by atoms with Gasteiger partial charge in [0.25, 0.3) is 0 Å². The first-order valence-electron chi connectivity index (χ1n) is 8.79. The van der Waals surface area contributed by atoms with Crippen molar-refractivity contribution >= 4 is 22.4 Å². The van der Waals surface area contributed by atoms with E-state index < -0.39 is 10.0 Å². The summed E-state index contributed by atoms with van der Waals surface area (Å²) in [6, 6.07) is 6.58. The molecule has 1 aliphatic heterocycles. The predicted octanol–water partition coefficient (Wildman–Crippen LogP) is 2.44. The van der Waals surface area contributed by atoms with Crippen molar-refractivity contribution in [2.75, 3.05) is 40.0 Å². The Hall–Kier alpha value is -0.860. The molecule has 1 aromatic rings. The van der Waals surface area contributed by atoms with E-state index in [1.165, 1.54) is 0 Å². The average Bonchev–Trinajstić information content (AvgIpc) is 2.60. The van der Waals surface area contributed by atoms with Gasteiger partial charge < -0.3 is 14.8 Å². The minimum Gasteiger partial charge on any atom is -0.493 e. The van der Waals surface area contributed by atoms with Crippen LogP contribution in [0.3, 0.4) is 0 Å².